The lowest BCUT2D eigenvalue weighted by atomic mass is 10.2. The highest BCUT2D eigenvalue weighted by molar-refractivity contribution is 5.92. The minimum Gasteiger partial charge on any atom is -0.384 e. The zero-order valence-electron chi connectivity index (χ0n) is 11.7. The van der Waals surface area contributed by atoms with Crippen molar-refractivity contribution < 1.29 is 4.79 Å². The van der Waals surface area contributed by atoms with Crippen molar-refractivity contribution in [3.05, 3.63) is 24.0 Å². The topological polar surface area (TPSA) is 45.2 Å². The fourth-order valence-electron chi connectivity index (χ4n) is 1.62. The van der Waals surface area contributed by atoms with Crippen LogP contribution in [-0.2, 0) is 0 Å². The van der Waals surface area contributed by atoms with E-state index >= 15 is 0 Å². The number of hydrogen-bond donors (Lipinski definition) is 1. The molecule has 0 aliphatic rings. The Kier molecular flexibility index (Phi) is 5.62. The second kappa shape index (κ2) is 6.99. The first-order chi connectivity index (χ1) is 8.58. The van der Waals surface area contributed by atoms with Gasteiger partial charge in [0.1, 0.15) is 5.69 Å². The molecule has 0 fully saturated rings. The van der Waals surface area contributed by atoms with Crippen LogP contribution in [0.2, 0.25) is 0 Å². The number of carbonyl (C=O) groups excluding carboxylic acids is 1. The maximum atomic E-state index is 12.0. The summed E-state index contributed by atoms with van der Waals surface area (Å²) in [5.74, 6) is 0.581. The van der Waals surface area contributed by atoms with E-state index in [1.165, 1.54) is 0 Å². The summed E-state index contributed by atoms with van der Waals surface area (Å²) in [4.78, 5) is 18.0. The van der Waals surface area contributed by atoms with E-state index in [4.69, 9.17) is 0 Å². The van der Waals surface area contributed by atoms with Crippen LogP contribution in [0.3, 0.4) is 0 Å². The Morgan fingerprint density at radius 3 is 2.44 bits per heavy atom. The predicted molar refractivity (Wildman–Crippen MR) is 74.8 cm³/mol. The summed E-state index contributed by atoms with van der Waals surface area (Å²) < 4.78 is 0. The second-order valence-electron chi connectivity index (χ2n) is 4.68. The molecule has 1 rings (SSSR count). The highest BCUT2D eigenvalue weighted by atomic mass is 16.2. The molecule has 0 atom stereocenters. The van der Waals surface area contributed by atoms with Gasteiger partial charge in [-0.05, 0) is 31.9 Å². The number of nitrogens with one attached hydrogen (secondary N) is 1. The fraction of sp³-hybridized carbons (Fsp3) is 0.571. The highest BCUT2D eigenvalue weighted by Crippen LogP contribution is 2.09. The third-order valence-electron chi connectivity index (χ3n) is 2.75. The molecule has 0 unspecified atom stereocenters. The minimum atomic E-state index is -0.00425. The average molecular weight is 249 g/mol. The molecule has 0 aromatic carbocycles. The molecule has 1 aromatic heterocycles. The van der Waals surface area contributed by atoms with Gasteiger partial charge in [-0.15, -0.1) is 0 Å². The van der Waals surface area contributed by atoms with Crippen molar-refractivity contribution in [2.75, 3.05) is 25.0 Å². The molecule has 1 N–H and O–H groups in total. The van der Waals surface area contributed by atoms with E-state index in [9.17, 15) is 4.79 Å². The molecule has 0 saturated heterocycles. The molecule has 0 aliphatic carbocycles. The van der Waals surface area contributed by atoms with Gasteiger partial charge in [-0.3, -0.25) is 4.79 Å². The first kappa shape index (κ1) is 14.5. The molecule has 0 aliphatic heterocycles. The standard InChI is InChI=1S/C14H23N3O/c1-5-17(6-2)14(18)13-8-7-12(10-16-13)15-9-11(3)4/h7-8,10-11,15H,5-6,9H2,1-4H3. The summed E-state index contributed by atoms with van der Waals surface area (Å²) in [6.07, 6.45) is 1.72. The lowest BCUT2D eigenvalue weighted by Gasteiger charge is -2.18. The number of hydrogen-bond acceptors (Lipinski definition) is 3. The lowest BCUT2D eigenvalue weighted by molar-refractivity contribution is 0.0767. The number of amides is 1. The van der Waals surface area contributed by atoms with E-state index in [2.05, 4.69) is 24.1 Å². The van der Waals surface area contributed by atoms with Gasteiger partial charge in [0.25, 0.3) is 5.91 Å². The summed E-state index contributed by atoms with van der Waals surface area (Å²) in [5.41, 5.74) is 1.47. The molecule has 4 heteroatoms. The van der Waals surface area contributed by atoms with Crippen molar-refractivity contribution in [3.63, 3.8) is 0 Å². The van der Waals surface area contributed by atoms with Gasteiger partial charge in [-0.1, -0.05) is 13.8 Å². The number of pyridine rings is 1. The summed E-state index contributed by atoms with van der Waals surface area (Å²) in [6, 6.07) is 3.69. The lowest BCUT2D eigenvalue weighted by Crippen LogP contribution is -2.31. The number of nitrogens with zero attached hydrogens (tertiary/aromatic N) is 2. The van der Waals surface area contributed by atoms with Gasteiger partial charge in [-0.2, -0.15) is 0 Å². The quantitative estimate of drug-likeness (QED) is 0.843. The SMILES string of the molecule is CCN(CC)C(=O)c1ccc(NCC(C)C)cn1. The number of anilines is 1. The summed E-state index contributed by atoms with van der Waals surface area (Å²) in [6.45, 7) is 10.6. The molecule has 1 amide bonds. The van der Waals surface area contributed by atoms with Crippen molar-refractivity contribution in [2.24, 2.45) is 5.92 Å². The molecule has 1 aromatic rings. The number of carbonyl (C=O) groups is 1. The van der Waals surface area contributed by atoms with E-state index in [0.29, 0.717) is 24.7 Å². The zero-order valence-corrected chi connectivity index (χ0v) is 11.7. The Balaban J connectivity index is 2.67. The van der Waals surface area contributed by atoms with Crippen LogP contribution < -0.4 is 5.32 Å². The Bertz CT molecular complexity index is 369. The summed E-state index contributed by atoms with van der Waals surface area (Å²) in [7, 11) is 0. The van der Waals surface area contributed by atoms with Crippen LogP contribution in [0.1, 0.15) is 38.2 Å². The highest BCUT2D eigenvalue weighted by Gasteiger charge is 2.13. The van der Waals surface area contributed by atoms with Crippen molar-refractivity contribution in [3.8, 4) is 0 Å². The van der Waals surface area contributed by atoms with E-state index in [-0.39, 0.29) is 5.91 Å². The van der Waals surface area contributed by atoms with E-state index in [1.807, 2.05) is 19.9 Å². The van der Waals surface area contributed by atoms with Crippen LogP contribution >= 0.6 is 0 Å². The largest absolute Gasteiger partial charge is 0.384 e. The smallest absolute Gasteiger partial charge is 0.272 e. The monoisotopic (exact) mass is 249 g/mol. The molecule has 18 heavy (non-hydrogen) atoms. The van der Waals surface area contributed by atoms with Crippen LogP contribution in [0.15, 0.2) is 18.3 Å². The molecule has 100 valence electrons. The van der Waals surface area contributed by atoms with Gasteiger partial charge in [-0.25, -0.2) is 4.98 Å². The van der Waals surface area contributed by atoms with Crippen LogP contribution in [0.5, 0.6) is 0 Å². The van der Waals surface area contributed by atoms with Gasteiger partial charge in [0.15, 0.2) is 0 Å². The first-order valence-electron chi connectivity index (χ1n) is 6.57. The molecule has 0 bridgehead atoms. The normalized spacial score (nSPS) is 10.5. The maximum Gasteiger partial charge on any atom is 0.272 e. The predicted octanol–water partition coefficient (Wildman–Crippen LogP) is 2.63. The van der Waals surface area contributed by atoms with Crippen LogP contribution in [0.4, 0.5) is 5.69 Å². The Morgan fingerprint density at radius 1 is 1.33 bits per heavy atom. The molecular weight excluding hydrogens is 226 g/mol. The first-order valence-corrected chi connectivity index (χ1v) is 6.57. The molecule has 0 spiro atoms. The maximum absolute atomic E-state index is 12.0. The van der Waals surface area contributed by atoms with E-state index in [1.54, 1.807) is 17.2 Å². The number of rotatable bonds is 6. The Morgan fingerprint density at radius 2 is 2.00 bits per heavy atom. The summed E-state index contributed by atoms with van der Waals surface area (Å²) >= 11 is 0. The zero-order chi connectivity index (χ0) is 13.5. The van der Waals surface area contributed by atoms with Crippen LogP contribution in [0.25, 0.3) is 0 Å². The average Bonchev–Trinajstić information content (AvgIpc) is 2.38. The van der Waals surface area contributed by atoms with Gasteiger partial charge in [0, 0.05) is 19.6 Å². The van der Waals surface area contributed by atoms with Crippen molar-refractivity contribution in [1.82, 2.24) is 9.88 Å². The molecular formula is C14H23N3O. The van der Waals surface area contributed by atoms with Crippen molar-refractivity contribution >= 4 is 11.6 Å². The second-order valence-corrected chi connectivity index (χ2v) is 4.68. The van der Waals surface area contributed by atoms with Crippen molar-refractivity contribution in [2.45, 2.75) is 27.7 Å². The molecule has 0 saturated carbocycles. The fourth-order valence-corrected chi connectivity index (χ4v) is 1.62. The third-order valence-corrected chi connectivity index (χ3v) is 2.75. The van der Waals surface area contributed by atoms with Crippen molar-refractivity contribution in [1.29, 1.82) is 0 Å². The molecule has 0 radical (unpaired) electrons. The van der Waals surface area contributed by atoms with E-state index < -0.39 is 0 Å². The van der Waals surface area contributed by atoms with Gasteiger partial charge in [0.2, 0.25) is 0 Å². The van der Waals surface area contributed by atoms with Gasteiger partial charge < -0.3 is 10.2 Å². The molecule has 1 heterocycles. The Hall–Kier alpha value is -1.58. The number of aromatic nitrogens is 1. The van der Waals surface area contributed by atoms with Crippen LogP contribution in [0, 0.1) is 5.92 Å². The van der Waals surface area contributed by atoms with Crippen LogP contribution in [-0.4, -0.2) is 35.4 Å². The van der Waals surface area contributed by atoms with E-state index in [0.717, 1.165) is 12.2 Å². The minimum absolute atomic E-state index is 0.00425. The van der Waals surface area contributed by atoms with Gasteiger partial charge in [0.05, 0.1) is 11.9 Å². The summed E-state index contributed by atoms with van der Waals surface area (Å²) in [5, 5.41) is 3.28. The third kappa shape index (κ3) is 4.02. The molecule has 4 nitrogen and oxygen atoms in total. The Labute approximate surface area is 109 Å². The van der Waals surface area contributed by atoms with Gasteiger partial charge >= 0.3 is 0 Å².